The Balaban J connectivity index is 1.84. The summed E-state index contributed by atoms with van der Waals surface area (Å²) < 4.78 is 1.89. The van der Waals surface area contributed by atoms with Crippen LogP contribution in [0.25, 0.3) is 0 Å². The highest BCUT2D eigenvalue weighted by Crippen LogP contribution is 2.29. The van der Waals surface area contributed by atoms with Crippen molar-refractivity contribution in [2.24, 2.45) is 13.0 Å². The molecule has 1 aliphatic rings. The summed E-state index contributed by atoms with van der Waals surface area (Å²) in [6, 6.07) is 2.72. The highest BCUT2D eigenvalue weighted by atomic mass is 15.2. The van der Waals surface area contributed by atoms with E-state index in [1.54, 1.807) is 0 Å². The minimum Gasteiger partial charge on any atom is -0.317 e. The van der Waals surface area contributed by atoms with E-state index in [1.165, 1.54) is 37.8 Å². The fourth-order valence-corrected chi connectivity index (χ4v) is 2.78. The number of rotatable bonds is 5. The van der Waals surface area contributed by atoms with E-state index in [1.807, 2.05) is 17.9 Å². The van der Waals surface area contributed by atoms with Crippen LogP contribution in [0.5, 0.6) is 0 Å². The van der Waals surface area contributed by atoms with E-state index in [4.69, 9.17) is 0 Å². The van der Waals surface area contributed by atoms with Crippen LogP contribution in [0, 0.1) is 5.92 Å². The molecule has 0 aliphatic heterocycles. The Kier molecular flexibility index (Phi) is 3.99. The van der Waals surface area contributed by atoms with Gasteiger partial charge in [0.15, 0.2) is 0 Å². The van der Waals surface area contributed by atoms with Crippen LogP contribution in [0.2, 0.25) is 0 Å². The van der Waals surface area contributed by atoms with Crippen molar-refractivity contribution in [3.63, 3.8) is 0 Å². The Morgan fingerprint density at radius 1 is 1.50 bits per heavy atom. The topological polar surface area (TPSA) is 29.9 Å². The minimum absolute atomic E-state index is 0.595. The zero-order valence-electron chi connectivity index (χ0n) is 10.4. The lowest BCUT2D eigenvalue weighted by atomic mass is 9.96. The van der Waals surface area contributed by atoms with Gasteiger partial charge in [-0.1, -0.05) is 25.7 Å². The largest absolute Gasteiger partial charge is 0.317 e. The molecule has 3 heteroatoms. The number of likely N-dealkylation sites (N-methyl/N-ethyl adjacent to an activating group) is 1. The average Bonchev–Trinajstić information content (AvgIpc) is 2.89. The zero-order chi connectivity index (χ0) is 11.4. The lowest BCUT2D eigenvalue weighted by Crippen LogP contribution is -2.29. The van der Waals surface area contributed by atoms with Crippen molar-refractivity contribution in [3.05, 3.63) is 18.0 Å². The molecule has 1 fully saturated rings. The molecule has 0 amide bonds. The van der Waals surface area contributed by atoms with E-state index >= 15 is 0 Å². The Morgan fingerprint density at radius 2 is 2.25 bits per heavy atom. The van der Waals surface area contributed by atoms with Crippen LogP contribution >= 0.6 is 0 Å². The molecule has 0 radical (unpaired) electrons. The molecule has 0 saturated heterocycles. The summed E-state index contributed by atoms with van der Waals surface area (Å²) in [6.07, 6.45) is 10.1. The van der Waals surface area contributed by atoms with Gasteiger partial charge in [-0.2, -0.15) is 5.10 Å². The van der Waals surface area contributed by atoms with Crippen molar-refractivity contribution in [1.29, 1.82) is 0 Å². The molecule has 1 saturated carbocycles. The summed E-state index contributed by atoms with van der Waals surface area (Å²) in [5, 5.41) is 7.89. The third-order valence-corrected chi connectivity index (χ3v) is 3.73. The molecule has 0 spiro atoms. The highest BCUT2D eigenvalue weighted by Gasteiger charge is 2.19. The van der Waals surface area contributed by atoms with E-state index in [9.17, 15) is 0 Å². The smallest absolute Gasteiger partial charge is 0.0639 e. The summed E-state index contributed by atoms with van der Waals surface area (Å²) in [5.74, 6) is 0.946. The molecule has 1 aromatic heterocycles. The lowest BCUT2D eigenvalue weighted by molar-refractivity contribution is 0.400. The van der Waals surface area contributed by atoms with Gasteiger partial charge in [0.05, 0.1) is 5.69 Å². The number of aromatic nitrogens is 2. The predicted octanol–water partition coefficient (Wildman–Crippen LogP) is 2.13. The molecule has 16 heavy (non-hydrogen) atoms. The molecule has 1 N–H and O–H groups in total. The number of hydrogen-bond acceptors (Lipinski definition) is 2. The number of nitrogens with one attached hydrogen (secondary N) is 1. The van der Waals surface area contributed by atoms with Crippen molar-refractivity contribution in [2.75, 3.05) is 7.05 Å². The molecule has 1 unspecified atom stereocenters. The second-order valence-electron chi connectivity index (χ2n) is 5.06. The van der Waals surface area contributed by atoms with Crippen molar-refractivity contribution in [2.45, 2.75) is 44.6 Å². The molecule has 1 aromatic rings. The summed E-state index contributed by atoms with van der Waals surface area (Å²) in [7, 11) is 4.05. The van der Waals surface area contributed by atoms with Gasteiger partial charge in [0, 0.05) is 25.7 Å². The number of hydrogen-bond donors (Lipinski definition) is 1. The van der Waals surface area contributed by atoms with Gasteiger partial charge in [-0.05, 0) is 25.5 Å². The van der Waals surface area contributed by atoms with Gasteiger partial charge in [0.1, 0.15) is 0 Å². The minimum atomic E-state index is 0.595. The summed E-state index contributed by atoms with van der Waals surface area (Å²) in [6.45, 7) is 0. The summed E-state index contributed by atoms with van der Waals surface area (Å²) in [4.78, 5) is 0. The van der Waals surface area contributed by atoms with Gasteiger partial charge in [-0.25, -0.2) is 0 Å². The molecule has 3 nitrogen and oxygen atoms in total. The van der Waals surface area contributed by atoms with Crippen LogP contribution in [-0.4, -0.2) is 22.9 Å². The average molecular weight is 221 g/mol. The first-order valence-corrected chi connectivity index (χ1v) is 6.43. The molecule has 1 heterocycles. The third-order valence-electron chi connectivity index (χ3n) is 3.73. The maximum Gasteiger partial charge on any atom is 0.0639 e. The number of aryl methyl sites for hydroxylation is 1. The first-order chi connectivity index (χ1) is 7.78. The molecule has 0 aromatic carbocycles. The van der Waals surface area contributed by atoms with Crippen LogP contribution in [-0.2, 0) is 13.5 Å². The van der Waals surface area contributed by atoms with Crippen LogP contribution < -0.4 is 5.32 Å². The fourth-order valence-electron chi connectivity index (χ4n) is 2.78. The van der Waals surface area contributed by atoms with E-state index in [0.29, 0.717) is 6.04 Å². The number of nitrogens with zero attached hydrogens (tertiary/aromatic N) is 2. The molecule has 90 valence electrons. The van der Waals surface area contributed by atoms with E-state index in [2.05, 4.69) is 23.5 Å². The molecule has 0 bridgehead atoms. The predicted molar refractivity (Wildman–Crippen MR) is 66.3 cm³/mol. The van der Waals surface area contributed by atoms with Gasteiger partial charge >= 0.3 is 0 Å². The van der Waals surface area contributed by atoms with Crippen molar-refractivity contribution >= 4 is 0 Å². The van der Waals surface area contributed by atoms with Crippen LogP contribution in [0.4, 0.5) is 0 Å². The summed E-state index contributed by atoms with van der Waals surface area (Å²) >= 11 is 0. The van der Waals surface area contributed by atoms with Crippen molar-refractivity contribution in [3.8, 4) is 0 Å². The molecular formula is C13H23N3. The van der Waals surface area contributed by atoms with Crippen molar-refractivity contribution in [1.82, 2.24) is 15.1 Å². The zero-order valence-corrected chi connectivity index (χ0v) is 10.4. The standard InChI is InChI=1S/C13H23N3/c1-14-13(9-11-5-3-4-6-11)10-12-7-8-16(2)15-12/h7-8,11,13-14H,3-6,9-10H2,1-2H3. The molecule has 1 atom stereocenters. The van der Waals surface area contributed by atoms with E-state index in [0.717, 1.165) is 12.3 Å². The maximum absolute atomic E-state index is 4.45. The van der Waals surface area contributed by atoms with Crippen LogP contribution in [0.1, 0.15) is 37.8 Å². The highest BCUT2D eigenvalue weighted by molar-refractivity contribution is 5.01. The lowest BCUT2D eigenvalue weighted by Gasteiger charge is -2.19. The fraction of sp³-hybridized carbons (Fsp3) is 0.769. The first-order valence-electron chi connectivity index (χ1n) is 6.43. The Morgan fingerprint density at radius 3 is 2.81 bits per heavy atom. The Bertz CT molecular complexity index is 313. The monoisotopic (exact) mass is 221 g/mol. The molecular weight excluding hydrogens is 198 g/mol. The van der Waals surface area contributed by atoms with Crippen LogP contribution in [0.15, 0.2) is 12.3 Å². The second-order valence-corrected chi connectivity index (χ2v) is 5.06. The van der Waals surface area contributed by atoms with Gasteiger partial charge < -0.3 is 5.32 Å². The van der Waals surface area contributed by atoms with E-state index in [-0.39, 0.29) is 0 Å². The first kappa shape index (κ1) is 11.6. The molecule has 2 rings (SSSR count). The third kappa shape index (κ3) is 3.08. The van der Waals surface area contributed by atoms with E-state index < -0.39 is 0 Å². The molecule has 1 aliphatic carbocycles. The maximum atomic E-state index is 4.45. The van der Waals surface area contributed by atoms with Gasteiger partial charge in [-0.15, -0.1) is 0 Å². The summed E-state index contributed by atoms with van der Waals surface area (Å²) in [5.41, 5.74) is 1.21. The Hall–Kier alpha value is -0.830. The van der Waals surface area contributed by atoms with Gasteiger partial charge in [0.2, 0.25) is 0 Å². The second kappa shape index (κ2) is 5.48. The van der Waals surface area contributed by atoms with Gasteiger partial charge in [0.25, 0.3) is 0 Å². The SMILES string of the molecule is CNC(Cc1ccn(C)n1)CC1CCCC1. The van der Waals surface area contributed by atoms with Gasteiger partial charge in [-0.3, -0.25) is 4.68 Å². The normalized spacial score (nSPS) is 19.1. The van der Waals surface area contributed by atoms with Crippen molar-refractivity contribution < 1.29 is 0 Å². The Labute approximate surface area is 98.2 Å². The van der Waals surface area contributed by atoms with Crippen LogP contribution in [0.3, 0.4) is 0 Å². The quantitative estimate of drug-likeness (QED) is 0.825.